The number of anilines is 1. The number of ether oxygens (including phenoxy) is 1. The van der Waals surface area contributed by atoms with Gasteiger partial charge in [0.25, 0.3) is 0 Å². The number of nitrogens with zero attached hydrogens (tertiary/aromatic N) is 1. The lowest BCUT2D eigenvalue weighted by molar-refractivity contribution is -0.137. The molecule has 1 atom stereocenters. The Hall–Kier alpha value is -1.58. The van der Waals surface area contributed by atoms with Crippen molar-refractivity contribution in [3.63, 3.8) is 0 Å². The molecule has 0 bridgehead atoms. The highest BCUT2D eigenvalue weighted by molar-refractivity contribution is 8.01. The minimum atomic E-state index is -3.46. The SMILES string of the molecule is COC(=O)CSC(C)C(=O)Nc1ccc(S(=O)(=O)N2CCCC2)cc1. The molecule has 25 heavy (non-hydrogen) atoms. The van der Waals surface area contributed by atoms with Gasteiger partial charge in [-0.3, -0.25) is 9.59 Å². The van der Waals surface area contributed by atoms with Crippen LogP contribution in [-0.4, -0.2) is 55.8 Å². The predicted octanol–water partition coefficient (Wildman–Crippen LogP) is 1.70. The Morgan fingerprint density at radius 1 is 1.24 bits per heavy atom. The Morgan fingerprint density at radius 2 is 1.84 bits per heavy atom. The zero-order chi connectivity index (χ0) is 18.4. The first-order valence-electron chi connectivity index (χ1n) is 7.94. The van der Waals surface area contributed by atoms with Crippen LogP contribution in [0.25, 0.3) is 0 Å². The van der Waals surface area contributed by atoms with E-state index in [1.807, 2.05) is 0 Å². The molecule has 0 saturated carbocycles. The van der Waals surface area contributed by atoms with E-state index in [0.29, 0.717) is 18.8 Å². The fraction of sp³-hybridized carbons (Fsp3) is 0.500. The van der Waals surface area contributed by atoms with Crippen molar-refractivity contribution in [2.24, 2.45) is 0 Å². The van der Waals surface area contributed by atoms with Crippen molar-refractivity contribution in [2.45, 2.75) is 29.9 Å². The third-order valence-electron chi connectivity index (χ3n) is 3.87. The van der Waals surface area contributed by atoms with Crippen molar-refractivity contribution in [3.8, 4) is 0 Å². The number of rotatable bonds is 7. The van der Waals surface area contributed by atoms with Crippen LogP contribution in [0.2, 0.25) is 0 Å². The van der Waals surface area contributed by atoms with Crippen molar-refractivity contribution in [1.82, 2.24) is 4.31 Å². The molecule has 1 N–H and O–H groups in total. The number of hydrogen-bond acceptors (Lipinski definition) is 6. The van der Waals surface area contributed by atoms with Crippen molar-refractivity contribution < 1.29 is 22.7 Å². The highest BCUT2D eigenvalue weighted by Crippen LogP contribution is 2.22. The van der Waals surface area contributed by atoms with E-state index < -0.39 is 15.3 Å². The normalized spacial score (nSPS) is 16.4. The van der Waals surface area contributed by atoms with Crippen molar-refractivity contribution in [2.75, 3.05) is 31.3 Å². The third-order valence-corrected chi connectivity index (χ3v) is 6.90. The summed E-state index contributed by atoms with van der Waals surface area (Å²) in [5.74, 6) is -0.553. The first-order chi connectivity index (χ1) is 11.8. The molecule has 1 aliphatic rings. The van der Waals surface area contributed by atoms with Crippen LogP contribution in [0.5, 0.6) is 0 Å². The number of benzene rings is 1. The Kier molecular flexibility index (Phi) is 6.86. The Bertz CT molecular complexity index is 713. The van der Waals surface area contributed by atoms with E-state index in [4.69, 9.17) is 0 Å². The van der Waals surface area contributed by atoms with E-state index in [0.717, 1.165) is 12.8 Å². The monoisotopic (exact) mass is 386 g/mol. The van der Waals surface area contributed by atoms with Crippen molar-refractivity contribution in [3.05, 3.63) is 24.3 Å². The average Bonchev–Trinajstić information content (AvgIpc) is 3.15. The van der Waals surface area contributed by atoms with Crippen LogP contribution < -0.4 is 5.32 Å². The molecule has 1 heterocycles. The van der Waals surface area contributed by atoms with Crippen LogP contribution in [0.3, 0.4) is 0 Å². The molecule has 138 valence electrons. The van der Waals surface area contributed by atoms with Gasteiger partial charge in [-0.25, -0.2) is 8.42 Å². The van der Waals surface area contributed by atoms with Crippen LogP contribution in [0, 0.1) is 0 Å². The second-order valence-electron chi connectivity index (χ2n) is 5.65. The van der Waals surface area contributed by atoms with E-state index in [9.17, 15) is 18.0 Å². The number of amides is 1. The minimum absolute atomic E-state index is 0.0953. The van der Waals surface area contributed by atoms with Crippen LogP contribution in [-0.2, 0) is 24.3 Å². The van der Waals surface area contributed by atoms with E-state index in [2.05, 4.69) is 10.1 Å². The minimum Gasteiger partial charge on any atom is -0.468 e. The highest BCUT2D eigenvalue weighted by atomic mass is 32.2. The fourth-order valence-corrected chi connectivity index (χ4v) is 4.59. The summed E-state index contributed by atoms with van der Waals surface area (Å²) in [6, 6.07) is 6.13. The van der Waals surface area contributed by atoms with Gasteiger partial charge in [0.05, 0.1) is 23.0 Å². The van der Waals surface area contributed by atoms with Crippen LogP contribution in [0.15, 0.2) is 29.2 Å². The number of thioether (sulfide) groups is 1. The van der Waals surface area contributed by atoms with Gasteiger partial charge in [-0.2, -0.15) is 4.31 Å². The molecule has 0 radical (unpaired) electrons. The Labute approximate surface area is 152 Å². The summed E-state index contributed by atoms with van der Waals surface area (Å²) in [7, 11) is -2.16. The molecule has 1 amide bonds. The molecule has 1 aliphatic heterocycles. The first-order valence-corrected chi connectivity index (χ1v) is 10.4. The lowest BCUT2D eigenvalue weighted by Gasteiger charge is -2.16. The molecule has 0 aromatic heterocycles. The van der Waals surface area contributed by atoms with Gasteiger partial charge in [-0.15, -0.1) is 11.8 Å². The molecule has 9 heteroatoms. The van der Waals surface area contributed by atoms with Gasteiger partial charge in [-0.05, 0) is 44.0 Å². The van der Waals surface area contributed by atoms with Crippen molar-refractivity contribution in [1.29, 1.82) is 0 Å². The van der Waals surface area contributed by atoms with Gasteiger partial charge in [0, 0.05) is 18.8 Å². The summed E-state index contributed by atoms with van der Waals surface area (Å²) in [5, 5.41) is 2.27. The molecular weight excluding hydrogens is 364 g/mol. The topological polar surface area (TPSA) is 92.8 Å². The number of hydrogen-bond donors (Lipinski definition) is 1. The molecule has 1 saturated heterocycles. The summed E-state index contributed by atoms with van der Waals surface area (Å²) in [6.07, 6.45) is 1.77. The summed E-state index contributed by atoms with van der Waals surface area (Å²) in [6.45, 7) is 2.79. The largest absolute Gasteiger partial charge is 0.468 e. The van der Waals surface area contributed by atoms with Crippen LogP contribution in [0.4, 0.5) is 5.69 Å². The molecule has 1 unspecified atom stereocenters. The maximum Gasteiger partial charge on any atom is 0.315 e. The Morgan fingerprint density at radius 3 is 2.40 bits per heavy atom. The van der Waals surface area contributed by atoms with Crippen LogP contribution >= 0.6 is 11.8 Å². The number of carbonyl (C=O) groups is 2. The molecule has 1 fully saturated rings. The number of nitrogens with one attached hydrogen (secondary N) is 1. The summed E-state index contributed by atoms with van der Waals surface area (Å²) in [4.78, 5) is 23.4. The van der Waals surface area contributed by atoms with Gasteiger partial charge in [0.15, 0.2) is 0 Å². The summed E-state index contributed by atoms with van der Waals surface area (Å²) < 4.78 is 30.9. The number of methoxy groups -OCH3 is 1. The lowest BCUT2D eigenvalue weighted by atomic mass is 10.3. The van der Waals surface area contributed by atoms with Crippen LogP contribution in [0.1, 0.15) is 19.8 Å². The third kappa shape index (κ3) is 5.20. The Balaban J connectivity index is 1.95. The lowest BCUT2D eigenvalue weighted by Crippen LogP contribution is -2.28. The molecular formula is C16H22N2O5S2. The zero-order valence-corrected chi connectivity index (χ0v) is 15.9. The molecule has 1 aromatic rings. The average molecular weight is 386 g/mol. The molecule has 1 aromatic carbocycles. The predicted molar refractivity (Wildman–Crippen MR) is 97.0 cm³/mol. The number of carbonyl (C=O) groups excluding carboxylic acids is 2. The number of sulfonamides is 1. The van der Waals surface area contributed by atoms with Gasteiger partial charge < -0.3 is 10.1 Å². The molecule has 0 aliphatic carbocycles. The fourth-order valence-electron chi connectivity index (χ4n) is 2.36. The van der Waals surface area contributed by atoms with Gasteiger partial charge in [0.1, 0.15) is 0 Å². The van der Waals surface area contributed by atoms with Gasteiger partial charge >= 0.3 is 5.97 Å². The standard InChI is InChI=1S/C16H22N2O5S2/c1-12(24-11-15(19)23-2)16(20)17-13-5-7-14(8-6-13)25(21,22)18-9-3-4-10-18/h5-8,12H,3-4,9-11H2,1-2H3,(H,17,20). The maximum absolute atomic E-state index is 12.4. The second kappa shape index (κ2) is 8.68. The zero-order valence-electron chi connectivity index (χ0n) is 14.2. The molecule has 0 spiro atoms. The molecule has 2 rings (SSSR count). The molecule has 7 nitrogen and oxygen atoms in total. The van der Waals surface area contributed by atoms with E-state index >= 15 is 0 Å². The van der Waals surface area contributed by atoms with Gasteiger partial charge in [-0.1, -0.05) is 0 Å². The number of esters is 1. The van der Waals surface area contributed by atoms with E-state index in [1.165, 1.54) is 35.3 Å². The second-order valence-corrected chi connectivity index (χ2v) is 8.92. The smallest absolute Gasteiger partial charge is 0.315 e. The quantitative estimate of drug-likeness (QED) is 0.717. The van der Waals surface area contributed by atoms with E-state index in [1.54, 1.807) is 19.1 Å². The maximum atomic E-state index is 12.4. The summed E-state index contributed by atoms with van der Waals surface area (Å²) >= 11 is 1.17. The first kappa shape index (κ1) is 19.7. The van der Waals surface area contributed by atoms with Gasteiger partial charge in [0.2, 0.25) is 15.9 Å². The van der Waals surface area contributed by atoms with Crippen molar-refractivity contribution >= 4 is 39.3 Å². The highest BCUT2D eigenvalue weighted by Gasteiger charge is 2.27. The van der Waals surface area contributed by atoms with E-state index in [-0.39, 0.29) is 22.5 Å². The summed E-state index contributed by atoms with van der Waals surface area (Å²) in [5.41, 5.74) is 0.510.